The first-order valence-corrected chi connectivity index (χ1v) is 7.73. The lowest BCUT2D eigenvalue weighted by Crippen LogP contribution is -2.12. The first kappa shape index (κ1) is 14.3. The van der Waals surface area contributed by atoms with Crippen LogP contribution >= 0.6 is 31.9 Å². The van der Waals surface area contributed by atoms with Gasteiger partial charge in [-0.15, -0.1) is 0 Å². The summed E-state index contributed by atoms with van der Waals surface area (Å²) in [6, 6.07) is 13.4. The number of rotatable bonds is 3. The Labute approximate surface area is 129 Å². The zero-order chi connectivity index (χ0) is 13.8. The Morgan fingerprint density at radius 1 is 1.21 bits per heavy atom. The third-order valence-electron chi connectivity index (χ3n) is 2.64. The van der Waals surface area contributed by atoms with Crippen molar-refractivity contribution < 1.29 is 4.79 Å². The number of aryl methyl sites for hydroxylation is 1. The number of carbonyl (C=O) groups is 1. The van der Waals surface area contributed by atoms with Crippen molar-refractivity contribution in [2.75, 3.05) is 5.32 Å². The number of hydrogen-bond acceptors (Lipinski definition) is 1. The first-order valence-electron chi connectivity index (χ1n) is 5.82. The van der Waals surface area contributed by atoms with Gasteiger partial charge < -0.3 is 5.32 Å². The van der Waals surface area contributed by atoms with Crippen molar-refractivity contribution in [1.82, 2.24) is 0 Å². The fourth-order valence-electron chi connectivity index (χ4n) is 1.80. The van der Waals surface area contributed by atoms with E-state index in [1.807, 2.05) is 49.4 Å². The molecule has 2 nitrogen and oxygen atoms in total. The monoisotopic (exact) mass is 381 g/mol. The molecule has 0 radical (unpaired) electrons. The van der Waals surface area contributed by atoms with Crippen molar-refractivity contribution in [3.8, 4) is 0 Å². The van der Waals surface area contributed by atoms with Gasteiger partial charge in [0.2, 0.25) is 0 Å². The van der Waals surface area contributed by atoms with Gasteiger partial charge in [-0.05, 0) is 48.4 Å². The Morgan fingerprint density at radius 3 is 2.68 bits per heavy atom. The fourth-order valence-corrected chi connectivity index (χ4v) is 2.76. The summed E-state index contributed by atoms with van der Waals surface area (Å²) in [5.41, 5.74) is 3.63. The molecule has 0 heterocycles. The molecule has 19 heavy (non-hydrogen) atoms. The van der Waals surface area contributed by atoms with Crippen LogP contribution in [0.15, 0.2) is 46.9 Å². The van der Waals surface area contributed by atoms with Crippen molar-refractivity contribution in [3.05, 3.63) is 63.6 Å². The molecular weight excluding hydrogens is 370 g/mol. The third kappa shape index (κ3) is 3.91. The highest BCUT2D eigenvalue weighted by atomic mass is 79.9. The van der Waals surface area contributed by atoms with Crippen LogP contribution in [-0.4, -0.2) is 5.91 Å². The Morgan fingerprint density at radius 2 is 2.00 bits per heavy atom. The van der Waals surface area contributed by atoms with E-state index in [0.717, 1.165) is 26.6 Å². The number of anilines is 1. The van der Waals surface area contributed by atoms with Gasteiger partial charge >= 0.3 is 0 Å². The van der Waals surface area contributed by atoms with Crippen molar-refractivity contribution in [2.24, 2.45) is 0 Å². The van der Waals surface area contributed by atoms with Gasteiger partial charge in [-0.3, -0.25) is 4.79 Å². The Hall–Kier alpha value is -1.13. The molecule has 0 fully saturated rings. The predicted molar refractivity (Wildman–Crippen MR) is 85.9 cm³/mol. The molecule has 0 aliphatic carbocycles. The zero-order valence-electron chi connectivity index (χ0n) is 10.4. The standard InChI is InChI=1S/C15H13Br2NO/c1-10-5-12(8-13(17)6-10)15(19)18-14-4-2-3-11(7-14)9-16/h2-8H,9H2,1H3,(H,18,19). The van der Waals surface area contributed by atoms with Crippen LogP contribution in [0.4, 0.5) is 5.69 Å². The number of hydrogen-bond donors (Lipinski definition) is 1. The van der Waals surface area contributed by atoms with E-state index in [1.54, 1.807) is 0 Å². The second kappa shape index (κ2) is 6.35. The van der Waals surface area contributed by atoms with Crippen LogP contribution in [0, 0.1) is 6.92 Å². The van der Waals surface area contributed by atoms with Crippen LogP contribution in [0.2, 0.25) is 0 Å². The maximum atomic E-state index is 12.2. The first-order chi connectivity index (χ1) is 9.08. The minimum Gasteiger partial charge on any atom is -0.322 e. The molecule has 2 rings (SSSR count). The molecule has 0 unspecified atom stereocenters. The van der Waals surface area contributed by atoms with Gasteiger partial charge in [0.25, 0.3) is 5.91 Å². The molecule has 0 bridgehead atoms. The molecule has 0 atom stereocenters. The van der Waals surface area contributed by atoms with Gasteiger partial charge in [-0.1, -0.05) is 44.0 Å². The highest BCUT2D eigenvalue weighted by molar-refractivity contribution is 9.10. The Balaban J connectivity index is 2.20. The van der Waals surface area contributed by atoms with E-state index in [1.165, 1.54) is 0 Å². The summed E-state index contributed by atoms with van der Waals surface area (Å²) >= 11 is 6.81. The molecule has 0 spiro atoms. The molecule has 0 aliphatic heterocycles. The van der Waals surface area contributed by atoms with E-state index >= 15 is 0 Å². The van der Waals surface area contributed by atoms with Gasteiger partial charge in [-0.2, -0.15) is 0 Å². The number of benzene rings is 2. The summed E-state index contributed by atoms with van der Waals surface area (Å²) in [7, 11) is 0. The van der Waals surface area contributed by atoms with Gasteiger partial charge in [-0.25, -0.2) is 0 Å². The molecule has 1 amide bonds. The average molecular weight is 383 g/mol. The normalized spacial score (nSPS) is 10.3. The maximum Gasteiger partial charge on any atom is 0.255 e. The zero-order valence-corrected chi connectivity index (χ0v) is 13.6. The summed E-state index contributed by atoms with van der Waals surface area (Å²) in [6.07, 6.45) is 0. The average Bonchev–Trinajstić information content (AvgIpc) is 2.37. The molecule has 0 saturated heterocycles. The van der Waals surface area contributed by atoms with Crippen LogP contribution in [-0.2, 0) is 5.33 Å². The molecule has 2 aromatic carbocycles. The van der Waals surface area contributed by atoms with E-state index in [0.29, 0.717) is 5.56 Å². The summed E-state index contributed by atoms with van der Waals surface area (Å²) in [6.45, 7) is 1.97. The van der Waals surface area contributed by atoms with Crippen LogP contribution in [0.1, 0.15) is 21.5 Å². The van der Waals surface area contributed by atoms with Gasteiger partial charge in [0, 0.05) is 21.1 Å². The van der Waals surface area contributed by atoms with E-state index in [2.05, 4.69) is 37.2 Å². The Bertz CT molecular complexity index is 591. The third-order valence-corrected chi connectivity index (χ3v) is 3.75. The lowest BCUT2D eigenvalue weighted by molar-refractivity contribution is 0.102. The number of nitrogens with one attached hydrogen (secondary N) is 1. The molecule has 98 valence electrons. The minimum absolute atomic E-state index is 0.101. The van der Waals surface area contributed by atoms with Gasteiger partial charge in [0.1, 0.15) is 0 Å². The maximum absolute atomic E-state index is 12.2. The fraction of sp³-hybridized carbons (Fsp3) is 0.133. The van der Waals surface area contributed by atoms with E-state index < -0.39 is 0 Å². The second-order valence-electron chi connectivity index (χ2n) is 4.31. The lowest BCUT2D eigenvalue weighted by atomic mass is 10.1. The van der Waals surface area contributed by atoms with E-state index in [9.17, 15) is 4.79 Å². The number of halogens is 2. The molecule has 4 heteroatoms. The lowest BCUT2D eigenvalue weighted by Gasteiger charge is -2.07. The van der Waals surface area contributed by atoms with Crippen LogP contribution < -0.4 is 5.32 Å². The van der Waals surface area contributed by atoms with Crippen molar-refractivity contribution in [2.45, 2.75) is 12.3 Å². The molecule has 1 N–H and O–H groups in total. The van der Waals surface area contributed by atoms with E-state index in [-0.39, 0.29) is 5.91 Å². The SMILES string of the molecule is Cc1cc(Br)cc(C(=O)Nc2cccc(CBr)c2)c1. The van der Waals surface area contributed by atoms with Gasteiger partial charge in [0.15, 0.2) is 0 Å². The molecule has 0 aromatic heterocycles. The smallest absolute Gasteiger partial charge is 0.255 e. The Kier molecular flexibility index (Phi) is 4.77. The molecule has 0 saturated carbocycles. The van der Waals surface area contributed by atoms with Crippen LogP contribution in [0.3, 0.4) is 0 Å². The molecule has 2 aromatic rings. The quantitative estimate of drug-likeness (QED) is 0.751. The highest BCUT2D eigenvalue weighted by Gasteiger charge is 2.07. The topological polar surface area (TPSA) is 29.1 Å². The highest BCUT2D eigenvalue weighted by Crippen LogP contribution is 2.18. The summed E-state index contributed by atoms with van der Waals surface area (Å²) < 4.78 is 0.909. The van der Waals surface area contributed by atoms with Crippen molar-refractivity contribution in [3.63, 3.8) is 0 Å². The number of carbonyl (C=O) groups excluding carboxylic acids is 1. The number of amides is 1. The largest absolute Gasteiger partial charge is 0.322 e. The summed E-state index contributed by atoms with van der Waals surface area (Å²) in [4.78, 5) is 12.2. The summed E-state index contributed by atoms with van der Waals surface area (Å²) in [5.74, 6) is -0.101. The van der Waals surface area contributed by atoms with Gasteiger partial charge in [0.05, 0.1) is 0 Å². The van der Waals surface area contributed by atoms with Crippen molar-refractivity contribution >= 4 is 43.5 Å². The van der Waals surface area contributed by atoms with Crippen LogP contribution in [0.25, 0.3) is 0 Å². The molecular formula is C15H13Br2NO. The predicted octanol–water partition coefficient (Wildman–Crippen LogP) is 4.90. The number of alkyl halides is 1. The summed E-state index contributed by atoms with van der Waals surface area (Å²) in [5, 5.41) is 3.68. The van der Waals surface area contributed by atoms with E-state index in [4.69, 9.17) is 0 Å². The second-order valence-corrected chi connectivity index (χ2v) is 5.78. The molecule has 0 aliphatic rings. The van der Waals surface area contributed by atoms with Crippen molar-refractivity contribution in [1.29, 1.82) is 0 Å². The van der Waals surface area contributed by atoms with Crippen LogP contribution in [0.5, 0.6) is 0 Å². The minimum atomic E-state index is -0.101.